The first-order valence-corrected chi connectivity index (χ1v) is 13.7. The third kappa shape index (κ3) is 5.32. The van der Waals surface area contributed by atoms with Gasteiger partial charge in [0, 0.05) is 56.0 Å². The van der Waals surface area contributed by atoms with Gasteiger partial charge in [-0.3, -0.25) is 14.0 Å². The topological polar surface area (TPSA) is 140 Å². The van der Waals surface area contributed by atoms with Crippen molar-refractivity contribution in [1.29, 1.82) is 0 Å². The Labute approximate surface area is 231 Å². The molecular weight excluding hydrogens is 508 g/mol. The van der Waals surface area contributed by atoms with Crippen molar-refractivity contribution in [3.05, 3.63) is 66.6 Å². The maximum Gasteiger partial charge on any atom is 0.256 e. The maximum atomic E-state index is 13.0. The van der Waals surface area contributed by atoms with E-state index in [1.807, 2.05) is 28.8 Å². The number of nitrogen functional groups attached to an aromatic ring is 1. The molecule has 0 saturated carbocycles. The average molecular weight is 541 g/mol. The lowest BCUT2D eigenvalue weighted by atomic mass is 9.97. The molecule has 2 fully saturated rings. The second-order valence-corrected chi connectivity index (χ2v) is 10.2. The number of rotatable bonds is 7. The highest BCUT2D eigenvalue weighted by atomic mass is 16.5. The van der Waals surface area contributed by atoms with Crippen LogP contribution >= 0.6 is 0 Å². The Hall–Kier alpha value is -4.51. The number of pyridine rings is 1. The van der Waals surface area contributed by atoms with Gasteiger partial charge in [0.25, 0.3) is 5.91 Å². The first kappa shape index (κ1) is 25.8. The second-order valence-electron chi connectivity index (χ2n) is 10.2. The molecule has 2 aliphatic heterocycles. The summed E-state index contributed by atoms with van der Waals surface area (Å²) < 4.78 is 7.59. The summed E-state index contributed by atoms with van der Waals surface area (Å²) >= 11 is 0. The van der Waals surface area contributed by atoms with E-state index in [9.17, 15) is 9.59 Å². The molecule has 2 amide bonds. The Morgan fingerprint density at radius 2 is 1.93 bits per heavy atom. The molecule has 6 rings (SSSR count). The van der Waals surface area contributed by atoms with Crippen molar-refractivity contribution in [2.45, 2.75) is 31.8 Å². The second kappa shape index (κ2) is 11.3. The summed E-state index contributed by atoms with van der Waals surface area (Å²) in [5.41, 5.74) is 9.00. The van der Waals surface area contributed by atoms with Gasteiger partial charge < -0.3 is 26.0 Å². The number of carbonyl (C=O) groups is 2. The first-order valence-electron chi connectivity index (χ1n) is 13.7. The number of nitrogens with one attached hydrogen (secondary N) is 2. The van der Waals surface area contributed by atoms with E-state index in [4.69, 9.17) is 15.5 Å². The minimum Gasteiger partial charge on any atom is -0.382 e. The van der Waals surface area contributed by atoms with Crippen LogP contribution in [-0.4, -0.2) is 63.5 Å². The molecule has 4 N–H and O–H groups in total. The molecule has 2 aliphatic rings. The van der Waals surface area contributed by atoms with Gasteiger partial charge in [0.2, 0.25) is 11.9 Å². The lowest BCUT2D eigenvalue weighted by molar-refractivity contribution is -0.125. The third-order valence-corrected chi connectivity index (χ3v) is 7.49. The number of nitrogens with two attached hydrogens (primary N) is 1. The lowest BCUT2D eigenvalue weighted by Crippen LogP contribution is -2.45. The number of benzene rings is 1. The number of ether oxygens (including phenoxy) is 1. The number of fused-ring (bicyclic) bond motifs is 1. The van der Waals surface area contributed by atoms with E-state index in [0.29, 0.717) is 47.4 Å². The van der Waals surface area contributed by atoms with Crippen LogP contribution in [0.25, 0.3) is 16.8 Å². The van der Waals surface area contributed by atoms with Crippen LogP contribution in [0.2, 0.25) is 0 Å². The summed E-state index contributed by atoms with van der Waals surface area (Å²) in [6.45, 7) is 2.67. The quantitative estimate of drug-likeness (QED) is 0.325. The summed E-state index contributed by atoms with van der Waals surface area (Å²) in [7, 11) is 0. The van der Waals surface area contributed by atoms with Crippen LogP contribution in [0.3, 0.4) is 0 Å². The van der Waals surface area contributed by atoms with Crippen LogP contribution in [0.5, 0.6) is 0 Å². The minimum absolute atomic E-state index is 0.0574. The van der Waals surface area contributed by atoms with Crippen LogP contribution in [-0.2, 0) is 9.53 Å². The summed E-state index contributed by atoms with van der Waals surface area (Å²) in [5.74, 6) is 1.23. The fraction of sp³-hybridized carbons (Fsp3) is 0.345. The van der Waals surface area contributed by atoms with Crippen LogP contribution in [0.1, 0.15) is 36.0 Å². The molecule has 11 nitrogen and oxygen atoms in total. The number of hydrogen-bond acceptors (Lipinski definition) is 8. The molecule has 4 aromatic rings. The molecule has 2 atom stereocenters. The monoisotopic (exact) mass is 540 g/mol. The standard InChI is InChI=1S/C29H32N8O3/c30-26-25-24(19-8-10-20(11-9-19)28(39)34-23-7-1-2-12-31-23)35-29(37(25)15-13-32-26)36-14-3-5-21(18-36)27(38)33-17-22-6-4-16-40-22/h1-2,7-13,15,21-22H,3-6,14,16-18H2,(H2,30,32)(H,33,38)(H,31,34,39). The summed E-state index contributed by atoms with van der Waals surface area (Å²) in [5, 5.41) is 5.88. The van der Waals surface area contributed by atoms with Crippen molar-refractivity contribution >= 4 is 34.9 Å². The zero-order valence-corrected chi connectivity index (χ0v) is 22.1. The predicted molar refractivity (Wildman–Crippen MR) is 152 cm³/mol. The third-order valence-electron chi connectivity index (χ3n) is 7.49. The molecule has 5 heterocycles. The van der Waals surface area contributed by atoms with E-state index in [2.05, 4.69) is 25.5 Å². The van der Waals surface area contributed by atoms with Gasteiger partial charge >= 0.3 is 0 Å². The number of amides is 2. The summed E-state index contributed by atoms with van der Waals surface area (Å²) in [6, 6.07) is 12.5. The number of piperidine rings is 1. The Morgan fingerprint density at radius 1 is 1.05 bits per heavy atom. The molecule has 2 saturated heterocycles. The Balaban J connectivity index is 1.23. The zero-order valence-electron chi connectivity index (χ0n) is 22.1. The number of carbonyl (C=O) groups excluding carboxylic acids is 2. The lowest BCUT2D eigenvalue weighted by Gasteiger charge is -2.32. The molecule has 0 aliphatic carbocycles. The smallest absolute Gasteiger partial charge is 0.256 e. The number of hydrogen-bond donors (Lipinski definition) is 3. The molecule has 2 unspecified atom stereocenters. The molecule has 1 aromatic carbocycles. The molecule has 206 valence electrons. The molecule has 0 spiro atoms. The number of anilines is 3. The van der Waals surface area contributed by atoms with Crippen molar-refractivity contribution < 1.29 is 14.3 Å². The maximum absolute atomic E-state index is 13.0. The largest absolute Gasteiger partial charge is 0.382 e. The molecule has 40 heavy (non-hydrogen) atoms. The summed E-state index contributed by atoms with van der Waals surface area (Å²) in [6.07, 6.45) is 8.98. The highest BCUT2D eigenvalue weighted by Crippen LogP contribution is 2.33. The van der Waals surface area contributed by atoms with E-state index >= 15 is 0 Å². The van der Waals surface area contributed by atoms with Crippen molar-refractivity contribution in [3.8, 4) is 11.3 Å². The van der Waals surface area contributed by atoms with Crippen molar-refractivity contribution in [1.82, 2.24) is 24.7 Å². The van der Waals surface area contributed by atoms with Crippen LogP contribution in [0, 0.1) is 5.92 Å². The van der Waals surface area contributed by atoms with Crippen LogP contribution in [0.4, 0.5) is 17.6 Å². The van der Waals surface area contributed by atoms with Crippen molar-refractivity contribution in [2.24, 2.45) is 5.92 Å². The SMILES string of the molecule is Nc1nccn2c(N3CCCC(C(=O)NCC4CCCO4)C3)nc(-c3ccc(C(=O)Nc4ccccn4)cc3)c12. The van der Waals surface area contributed by atoms with Gasteiger partial charge in [0.05, 0.1) is 12.0 Å². The number of aromatic nitrogens is 4. The fourth-order valence-electron chi connectivity index (χ4n) is 5.41. The molecule has 0 bridgehead atoms. The first-order chi connectivity index (χ1) is 19.6. The van der Waals surface area contributed by atoms with Crippen LogP contribution in [0.15, 0.2) is 61.1 Å². The van der Waals surface area contributed by atoms with Gasteiger partial charge in [-0.05, 0) is 49.9 Å². The van der Waals surface area contributed by atoms with E-state index in [-0.39, 0.29) is 23.8 Å². The fourth-order valence-corrected chi connectivity index (χ4v) is 5.41. The minimum atomic E-state index is -0.251. The molecular formula is C29H32N8O3. The number of nitrogens with zero attached hydrogens (tertiary/aromatic N) is 5. The normalized spacial score (nSPS) is 19.1. The van der Waals surface area contributed by atoms with Gasteiger partial charge in [0.15, 0.2) is 0 Å². The Kier molecular flexibility index (Phi) is 7.28. The van der Waals surface area contributed by atoms with Gasteiger partial charge in [-0.1, -0.05) is 18.2 Å². The Morgan fingerprint density at radius 3 is 2.70 bits per heavy atom. The van der Waals surface area contributed by atoms with E-state index in [1.165, 1.54) is 0 Å². The average Bonchev–Trinajstić information content (AvgIpc) is 3.66. The van der Waals surface area contributed by atoms with E-state index < -0.39 is 0 Å². The molecule has 3 aromatic heterocycles. The molecule has 0 radical (unpaired) electrons. The predicted octanol–water partition coefficient (Wildman–Crippen LogP) is 3.14. The van der Waals surface area contributed by atoms with E-state index in [1.54, 1.807) is 36.7 Å². The number of imidazole rings is 1. The van der Waals surface area contributed by atoms with Crippen molar-refractivity contribution in [3.63, 3.8) is 0 Å². The van der Waals surface area contributed by atoms with Crippen molar-refractivity contribution in [2.75, 3.05) is 42.2 Å². The molecule has 11 heteroatoms. The van der Waals surface area contributed by atoms with Gasteiger partial charge in [-0.25, -0.2) is 15.0 Å². The highest BCUT2D eigenvalue weighted by Gasteiger charge is 2.30. The Bertz CT molecular complexity index is 1500. The highest BCUT2D eigenvalue weighted by molar-refractivity contribution is 6.04. The summed E-state index contributed by atoms with van der Waals surface area (Å²) in [4.78, 5) is 41.3. The van der Waals surface area contributed by atoms with Gasteiger partial charge in [-0.15, -0.1) is 0 Å². The van der Waals surface area contributed by atoms with Crippen LogP contribution < -0.4 is 21.3 Å². The zero-order chi connectivity index (χ0) is 27.5. The van der Waals surface area contributed by atoms with Gasteiger partial charge in [0.1, 0.15) is 22.8 Å². The van der Waals surface area contributed by atoms with Gasteiger partial charge in [-0.2, -0.15) is 0 Å². The van der Waals surface area contributed by atoms with E-state index in [0.717, 1.165) is 44.4 Å².